The molecule has 3 nitrogen and oxygen atoms in total. The highest BCUT2D eigenvalue weighted by atomic mass is 16.5. The lowest BCUT2D eigenvalue weighted by molar-refractivity contribution is -0.148. The third-order valence-corrected chi connectivity index (χ3v) is 3.17. The molecular weight excluding hydrogens is 190 g/mol. The summed E-state index contributed by atoms with van der Waals surface area (Å²) in [6.45, 7) is 8.87. The Morgan fingerprint density at radius 3 is 2.87 bits per heavy atom. The Morgan fingerprint density at radius 2 is 2.27 bits per heavy atom. The van der Waals surface area contributed by atoms with E-state index >= 15 is 0 Å². The van der Waals surface area contributed by atoms with Crippen molar-refractivity contribution in [3.8, 4) is 0 Å². The molecule has 0 radical (unpaired) electrons. The van der Waals surface area contributed by atoms with Crippen LogP contribution in [0.15, 0.2) is 0 Å². The maximum atomic E-state index is 11.7. The lowest BCUT2D eigenvalue weighted by Gasteiger charge is -2.25. The van der Waals surface area contributed by atoms with Crippen molar-refractivity contribution in [3.05, 3.63) is 0 Å². The number of hydrogen-bond donors (Lipinski definition) is 0. The lowest BCUT2D eigenvalue weighted by Crippen LogP contribution is -2.39. The largest absolute Gasteiger partial charge is 0.465 e. The van der Waals surface area contributed by atoms with Crippen molar-refractivity contribution < 1.29 is 9.53 Å². The quantitative estimate of drug-likeness (QED) is 0.655. The number of likely N-dealkylation sites (tertiary alicyclic amines) is 1. The second kappa shape index (κ2) is 6.11. The molecule has 1 aliphatic heterocycles. The van der Waals surface area contributed by atoms with Crippen LogP contribution in [0.1, 0.15) is 40.0 Å². The highest BCUT2D eigenvalue weighted by Crippen LogP contribution is 2.20. The minimum Gasteiger partial charge on any atom is -0.465 e. The van der Waals surface area contributed by atoms with Crippen LogP contribution in [-0.4, -0.2) is 36.6 Å². The zero-order valence-electron chi connectivity index (χ0n) is 10.2. The fourth-order valence-corrected chi connectivity index (χ4v) is 2.08. The average Bonchev–Trinajstić information content (AvgIpc) is 2.66. The highest BCUT2D eigenvalue weighted by Gasteiger charge is 2.31. The normalized spacial score (nSPS) is 24.1. The van der Waals surface area contributed by atoms with E-state index in [1.807, 2.05) is 6.92 Å². The number of ether oxygens (including phenoxy) is 1. The van der Waals surface area contributed by atoms with E-state index in [0.717, 1.165) is 25.9 Å². The first kappa shape index (κ1) is 12.5. The molecule has 0 saturated carbocycles. The Kier molecular flexibility index (Phi) is 5.09. The molecule has 0 bridgehead atoms. The van der Waals surface area contributed by atoms with Crippen LogP contribution in [0, 0.1) is 5.92 Å². The molecule has 2 unspecified atom stereocenters. The molecule has 3 heteroatoms. The van der Waals surface area contributed by atoms with Gasteiger partial charge in [-0.1, -0.05) is 20.3 Å². The number of rotatable bonds is 5. The minimum atomic E-state index is -0.0293. The van der Waals surface area contributed by atoms with Crippen LogP contribution in [-0.2, 0) is 9.53 Å². The fourth-order valence-electron chi connectivity index (χ4n) is 2.08. The van der Waals surface area contributed by atoms with Gasteiger partial charge in [-0.05, 0) is 32.2 Å². The molecule has 1 aliphatic rings. The van der Waals surface area contributed by atoms with Gasteiger partial charge in [0.05, 0.1) is 6.61 Å². The molecule has 0 aliphatic carbocycles. The summed E-state index contributed by atoms with van der Waals surface area (Å²) >= 11 is 0. The predicted molar refractivity (Wildman–Crippen MR) is 60.7 cm³/mol. The van der Waals surface area contributed by atoms with E-state index < -0.39 is 0 Å². The van der Waals surface area contributed by atoms with Gasteiger partial charge in [0.25, 0.3) is 0 Å². The first-order valence-electron chi connectivity index (χ1n) is 6.09. The summed E-state index contributed by atoms with van der Waals surface area (Å²) in [6, 6.07) is 0.0268. The molecular formula is C12H23NO2. The van der Waals surface area contributed by atoms with E-state index in [2.05, 4.69) is 18.7 Å². The summed E-state index contributed by atoms with van der Waals surface area (Å²) in [5.74, 6) is 0.637. The van der Waals surface area contributed by atoms with Gasteiger partial charge in [0.1, 0.15) is 6.04 Å². The standard InChI is InChI=1S/C12H23NO2/c1-4-10(3)9-13-8-6-7-11(13)12(14)15-5-2/h10-11H,4-9H2,1-3H3. The zero-order valence-corrected chi connectivity index (χ0v) is 10.2. The summed E-state index contributed by atoms with van der Waals surface area (Å²) in [6.07, 6.45) is 3.27. The maximum absolute atomic E-state index is 11.7. The second-order valence-corrected chi connectivity index (χ2v) is 4.42. The third-order valence-electron chi connectivity index (χ3n) is 3.17. The molecule has 88 valence electrons. The number of hydrogen-bond acceptors (Lipinski definition) is 3. The summed E-state index contributed by atoms with van der Waals surface area (Å²) < 4.78 is 5.09. The van der Waals surface area contributed by atoms with Gasteiger partial charge in [-0.2, -0.15) is 0 Å². The molecule has 0 aromatic carbocycles. The van der Waals surface area contributed by atoms with Gasteiger partial charge < -0.3 is 4.74 Å². The van der Waals surface area contributed by atoms with Gasteiger partial charge in [0.2, 0.25) is 0 Å². The summed E-state index contributed by atoms with van der Waals surface area (Å²) in [5.41, 5.74) is 0. The molecule has 15 heavy (non-hydrogen) atoms. The monoisotopic (exact) mass is 213 g/mol. The van der Waals surface area contributed by atoms with Crippen LogP contribution in [0.5, 0.6) is 0 Å². The van der Waals surface area contributed by atoms with Crippen molar-refractivity contribution in [2.45, 2.75) is 46.1 Å². The molecule has 1 heterocycles. The Labute approximate surface area is 92.8 Å². The first-order valence-corrected chi connectivity index (χ1v) is 6.09. The van der Waals surface area contributed by atoms with Gasteiger partial charge in [0, 0.05) is 6.54 Å². The number of carbonyl (C=O) groups excluding carboxylic acids is 1. The van der Waals surface area contributed by atoms with Gasteiger partial charge >= 0.3 is 5.97 Å². The number of carbonyl (C=O) groups is 1. The topological polar surface area (TPSA) is 29.5 Å². The van der Waals surface area contributed by atoms with E-state index in [4.69, 9.17) is 4.74 Å². The molecule has 2 atom stereocenters. The van der Waals surface area contributed by atoms with Crippen molar-refractivity contribution in [1.82, 2.24) is 4.90 Å². The second-order valence-electron chi connectivity index (χ2n) is 4.42. The van der Waals surface area contributed by atoms with Crippen LogP contribution < -0.4 is 0 Å². The van der Waals surface area contributed by atoms with Crippen molar-refractivity contribution in [3.63, 3.8) is 0 Å². The Bertz CT molecular complexity index is 206. The van der Waals surface area contributed by atoms with Gasteiger partial charge in [-0.3, -0.25) is 9.69 Å². The maximum Gasteiger partial charge on any atom is 0.323 e. The molecule has 0 aromatic rings. The van der Waals surface area contributed by atoms with Crippen LogP contribution in [0.4, 0.5) is 0 Å². The highest BCUT2D eigenvalue weighted by molar-refractivity contribution is 5.76. The lowest BCUT2D eigenvalue weighted by atomic mass is 10.1. The third kappa shape index (κ3) is 3.49. The average molecular weight is 213 g/mol. The Balaban J connectivity index is 2.45. The molecule has 1 saturated heterocycles. The number of esters is 1. The van der Waals surface area contributed by atoms with E-state index in [0.29, 0.717) is 12.5 Å². The molecule has 0 N–H and O–H groups in total. The van der Waals surface area contributed by atoms with Crippen LogP contribution in [0.25, 0.3) is 0 Å². The zero-order chi connectivity index (χ0) is 11.3. The molecule has 0 amide bonds. The molecule has 1 rings (SSSR count). The summed E-state index contributed by atoms with van der Waals surface area (Å²) in [5, 5.41) is 0. The van der Waals surface area contributed by atoms with Crippen LogP contribution >= 0.6 is 0 Å². The summed E-state index contributed by atoms with van der Waals surface area (Å²) in [4.78, 5) is 13.9. The van der Waals surface area contributed by atoms with Crippen LogP contribution in [0.2, 0.25) is 0 Å². The first-order chi connectivity index (χ1) is 7.19. The van der Waals surface area contributed by atoms with Gasteiger partial charge in [-0.25, -0.2) is 0 Å². The molecule has 0 aromatic heterocycles. The number of nitrogens with zero attached hydrogens (tertiary/aromatic N) is 1. The van der Waals surface area contributed by atoms with Crippen molar-refractivity contribution >= 4 is 5.97 Å². The fraction of sp³-hybridized carbons (Fsp3) is 0.917. The summed E-state index contributed by atoms with van der Waals surface area (Å²) in [7, 11) is 0. The predicted octanol–water partition coefficient (Wildman–Crippen LogP) is 2.06. The minimum absolute atomic E-state index is 0.0268. The van der Waals surface area contributed by atoms with E-state index in [1.54, 1.807) is 0 Å². The van der Waals surface area contributed by atoms with Crippen molar-refractivity contribution in [1.29, 1.82) is 0 Å². The Morgan fingerprint density at radius 1 is 1.53 bits per heavy atom. The Hall–Kier alpha value is -0.570. The van der Waals surface area contributed by atoms with Crippen molar-refractivity contribution in [2.75, 3.05) is 19.7 Å². The smallest absolute Gasteiger partial charge is 0.323 e. The molecule has 0 spiro atoms. The van der Waals surface area contributed by atoms with Gasteiger partial charge in [-0.15, -0.1) is 0 Å². The van der Waals surface area contributed by atoms with Crippen molar-refractivity contribution in [2.24, 2.45) is 5.92 Å². The van der Waals surface area contributed by atoms with E-state index in [1.165, 1.54) is 6.42 Å². The SMILES string of the molecule is CCOC(=O)C1CCCN1CC(C)CC. The van der Waals surface area contributed by atoms with E-state index in [9.17, 15) is 4.79 Å². The van der Waals surface area contributed by atoms with E-state index in [-0.39, 0.29) is 12.0 Å². The molecule has 1 fully saturated rings. The van der Waals surface area contributed by atoms with Gasteiger partial charge in [0.15, 0.2) is 0 Å². The van der Waals surface area contributed by atoms with Crippen LogP contribution in [0.3, 0.4) is 0 Å².